The minimum atomic E-state index is -0.436. The third-order valence-corrected chi connectivity index (χ3v) is 3.37. The van der Waals surface area contributed by atoms with Crippen LogP contribution < -0.4 is 5.32 Å². The van der Waals surface area contributed by atoms with Gasteiger partial charge in [0.05, 0.1) is 5.69 Å². The zero-order valence-corrected chi connectivity index (χ0v) is 11.8. The molecule has 1 amide bonds. The number of amides is 1. The van der Waals surface area contributed by atoms with Gasteiger partial charge in [0.1, 0.15) is 5.02 Å². The molecule has 0 aliphatic carbocycles. The topological polar surface area (TPSA) is 83.8 Å². The van der Waals surface area contributed by atoms with Crippen LogP contribution in [0.1, 0.15) is 16.2 Å². The maximum Gasteiger partial charge on any atom is 0.279 e. The molecule has 0 atom stereocenters. The summed E-state index contributed by atoms with van der Waals surface area (Å²) in [5.74, 6) is 0.350. The predicted molar refractivity (Wildman–Crippen MR) is 78.2 cm³/mol. The van der Waals surface area contributed by atoms with E-state index in [9.17, 15) is 4.79 Å². The minimum absolute atomic E-state index is 0.158. The summed E-state index contributed by atoms with van der Waals surface area (Å²) < 4.78 is 5.17. The number of hydrogen-bond donors (Lipinski definition) is 2. The van der Waals surface area contributed by atoms with Gasteiger partial charge in [-0.3, -0.25) is 9.89 Å². The van der Waals surface area contributed by atoms with Crippen molar-refractivity contribution in [3.8, 4) is 11.3 Å². The molecule has 0 unspecified atom stereocenters. The number of carbonyl (C=O) groups is 1. The van der Waals surface area contributed by atoms with Gasteiger partial charge in [0.15, 0.2) is 17.3 Å². The molecule has 7 heteroatoms. The van der Waals surface area contributed by atoms with Crippen molar-refractivity contribution in [2.75, 3.05) is 5.32 Å². The van der Waals surface area contributed by atoms with Crippen molar-refractivity contribution in [1.29, 1.82) is 0 Å². The fourth-order valence-electron chi connectivity index (χ4n) is 1.79. The zero-order valence-electron chi connectivity index (χ0n) is 11.1. The molecule has 2 aromatic heterocycles. The molecule has 3 rings (SSSR count). The van der Waals surface area contributed by atoms with Gasteiger partial charge >= 0.3 is 0 Å². The lowest BCUT2D eigenvalue weighted by molar-refractivity contribution is 0.101. The van der Waals surface area contributed by atoms with Gasteiger partial charge in [-0.05, 0) is 6.92 Å². The predicted octanol–water partition coefficient (Wildman–Crippen LogP) is 3.28. The van der Waals surface area contributed by atoms with E-state index in [1.54, 1.807) is 13.0 Å². The summed E-state index contributed by atoms with van der Waals surface area (Å²) in [6.45, 7) is 1.76. The first kappa shape index (κ1) is 13.4. The minimum Gasteiger partial charge on any atom is -0.355 e. The van der Waals surface area contributed by atoms with Crippen LogP contribution in [0, 0.1) is 6.92 Å². The Morgan fingerprint density at radius 2 is 2.10 bits per heavy atom. The van der Waals surface area contributed by atoms with E-state index in [1.165, 1.54) is 0 Å². The Labute approximate surface area is 125 Å². The van der Waals surface area contributed by atoms with E-state index in [0.717, 1.165) is 5.56 Å². The number of rotatable bonds is 3. The molecular formula is C14H11ClN4O2. The highest BCUT2D eigenvalue weighted by Gasteiger charge is 2.17. The van der Waals surface area contributed by atoms with Crippen molar-refractivity contribution >= 4 is 23.3 Å². The summed E-state index contributed by atoms with van der Waals surface area (Å²) in [7, 11) is 0. The van der Waals surface area contributed by atoms with E-state index in [1.807, 2.05) is 30.3 Å². The van der Waals surface area contributed by atoms with Crippen LogP contribution in [-0.2, 0) is 0 Å². The number of halogens is 1. The molecule has 0 radical (unpaired) electrons. The Balaban J connectivity index is 1.80. The summed E-state index contributed by atoms with van der Waals surface area (Å²) in [6, 6.07) is 11.0. The number of aryl methyl sites for hydroxylation is 1. The van der Waals surface area contributed by atoms with Crippen molar-refractivity contribution < 1.29 is 9.32 Å². The molecule has 2 heterocycles. The van der Waals surface area contributed by atoms with Crippen LogP contribution in [0.25, 0.3) is 11.3 Å². The third kappa shape index (κ3) is 2.66. The quantitative estimate of drug-likeness (QED) is 0.777. The van der Waals surface area contributed by atoms with Crippen LogP contribution in [0.3, 0.4) is 0 Å². The van der Waals surface area contributed by atoms with Crippen molar-refractivity contribution in [2.24, 2.45) is 0 Å². The number of carbonyl (C=O) groups excluding carboxylic acids is 1. The number of aromatic amines is 1. The van der Waals surface area contributed by atoms with Gasteiger partial charge in [0, 0.05) is 11.6 Å². The number of nitrogens with one attached hydrogen (secondary N) is 2. The smallest absolute Gasteiger partial charge is 0.279 e. The zero-order chi connectivity index (χ0) is 14.8. The Hall–Kier alpha value is -2.60. The molecule has 0 saturated heterocycles. The van der Waals surface area contributed by atoms with E-state index >= 15 is 0 Å². The highest BCUT2D eigenvalue weighted by Crippen LogP contribution is 2.23. The maximum absolute atomic E-state index is 12.1. The number of benzene rings is 1. The number of nitrogens with zero attached hydrogens (tertiary/aromatic N) is 2. The van der Waals surface area contributed by atoms with Gasteiger partial charge < -0.3 is 9.84 Å². The van der Waals surface area contributed by atoms with E-state index in [4.69, 9.17) is 16.1 Å². The Morgan fingerprint density at radius 1 is 1.33 bits per heavy atom. The molecule has 21 heavy (non-hydrogen) atoms. The number of aromatic nitrogens is 3. The van der Waals surface area contributed by atoms with E-state index in [-0.39, 0.29) is 11.5 Å². The van der Waals surface area contributed by atoms with E-state index in [2.05, 4.69) is 20.7 Å². The fraction of sp³-hybridized carbons (Fsp3) is 0.0714. The Morgan fingerprint density at radius 3 is 2.76 bits per heavy atom. The second kappa shape index (κ2) is 5.41. The monoisotopic (exact) mass is 302 g/mol. The third-order valence-electron chi connectivity index (χ3n) is 2.91. The van der Waals surface area contributed by atoms with Crippen LogP contribution >= 0.6 is 11.6 Å². The second-order valence-corrected chi connectivity index (χ2v) is 4.79. The van der Waals surface area contributed by atoms with Crippen LogP contribution in [0.5, 0.6) is 0 Å². The molecular weight excluding hydrogens is 292 g/mol. The first-order valence-corrected chi connectivity index (χ1v) is 6.57. The molecule has 0 spiro atoms. The summed E-state index contributed by atoms with van der Waals surface area (Å²) in [5, 5.41) is 13.3. The number of H-pyrrole nitrogens is 1. The highest BCUT2D eigenvalue weighted by atomic mass is 35.5. The lowest BCUT2D eigenvalue weighted by atomic mass is 10.1. The van der Waals surface area contributed by atoms with Gasteiger partial charge in [-0.15, -0.1) is 0 Å². The highest BCUT2D eigenvalue weighted by molar-refractivity contribution is 6.34. The van der Waals surface area contributed by atoms with E-state index < -0.39 is 5.91 Å². The lowest BCUT2D eigenvalue weighted by Crippen LogP contribution is -2.12. The van der Waals surface area contributed by atoms with Crippen molar-refractivity contribution in [3.05, 3.63) is 52.8 Å². The summed E-state index contributed by atoms with van der Waals surface area (Å²) in [5.41, 5.74) is 1.68. The van der Waals surface area contributed by atoms with Crippen LogP contribution in [0.15, 0.2) is 40.9 Å². The van der Waals surface area contributed by atoms with Crippen LogP contribution in [0.2, 0.25) is 5.02 Å². The number of hydrogen-bond acceptors (Lipinski definition) is 4. The molecule has 6 nitrogen and oxygen atoms in total. The molecule has 106 valence electrons. The molecule has 0 aliphatic heterocycles. The summed E-state index contributed by atoms with van der Waals surface area (Å²) in [4.78, 5) is 12.1. The van der Waals surface area contributed by atoms with Gasteiger partial charge in [0.25, 0.3) is 5.91 Å². The normalized spacial score (nSPS) is 10.6. The SMILES string of the molecule is Cc1[nH]nc(NC(=O)c2cc(-c3ccccc3)on2)c1Cl. The van der Waals surface area contributed by atoms with Crippen LogP contribution in [-0.4, -0.2) is 21.3 Å². The number of anilines is 1. The van der Waals surface area contributed by atoms with Gasteiger partial charge in [-0.25, -0.2) is 0 Å². The lowest BCUT2D eigenvalue weighted by Gasteiger charge is -1.97. The maximum atomic E-state index is 12.1. The largest absolute Gasteiger partial charge is 0.355 e. The molecule has 0 aliphatic rings. The second-order valence-electron chi connectivity index (χ2n) is 4.41. The average Bonchev–Trinajstić information content (AvgIpc) is 3.11. The van der Waals surface area contributed by atoms with Gasteiger partial charge in [0.2, 0.25) is 0 Å². The van der Waals surface area contributed by atoms with Gasteiger partial charge in [-0.2, -0.15) is 5.10 Å². The first-order chi connectivity index (χ1) is 10.1. The van der Waals surface area contributed by atoms with E-state index in [0.29, 0.717) is 16.5 Å². The Kier molecular flexibility index (Phi) is 3.45. The van der Waals surface area contributed by atoms with Gasteiger partial charge in [-0.1, -0.05) is 47.1 Å². The van der Waals surface area contributed by atoms with Crippen LogP contribution in [0.4, 0.5) is 5.82 Å². The first-order valence-electron chi connectivity index (χ1n) is 6.19. The van der Waals surface area contributed by atoms with Crippen molar-refractivity contribution in [3.63, 3.8) is 0 Å². The molecule has 3 aromatic rings. The van der Waals surface area contributed by atoms with Crippen molar-refractivity contribution in [2.45, 2.75) is 6.92 Å². The molecule has 0 fully saturated rings. The molecule has 0 saturated carbocycles. The summed E-state index contributed by atoms with van der Waals surface area (Å²) >= 11 is 5.99. The molecule has 2 N–H and O–H groups in total. The fourth-order valence-corrected chi connectivity index (χ4v) is 1.92. The summed E-state index contributed by atoms with van der Waals surface area (Å²) in [6.07, 6.45) is 0. The van der Waals surface area contributed by atoms with Crippen molar-refractivity contribution in [1.82, 2.24) is 15.4 Å². The standard InChI is InChI=1S/C14H11ClN4O2/c1-8-12(15)13(18-17-8)16-14(20)10-7-11(21-19-10)9-5-3-2-4-6-9/h2-7H,1H3,(H2,16,17,18,20). The Bertz CT molecular complexity index is 779. The average molecular weight is 303 g/mol. The molecule has 0 bridgehead atoms. The molecule has 1 aromatic carbocycles.